The molecule has 0 bridgehead atoms. The molecule has 1 saturated carbocycles. The van der Waals surface area contributed by atoms with Gasteiger partial charge in [-0.3, -0.25) is 9.59 Å². The molecule has 0 radical (unpaired) electrons. The summed E-state index contributed by atoms with van der Waals surface area (Å²) in [6.07, 6.45) is 2.17. The smallest absolute Gasteiger partial charge is 0.303 e. The van der Waals surface area contributed by atoms with Crippen LogP contribution in [0.3, 0.4) is 0 Å². The molecular formula is C17H22FNO4. The number of hydrogen-bond acceptors (Lipinski definition) is 3. The molecule has 0 saturated heterocycles. The lowest BCUT2D eigenvalue weighted by molar-refractivity contribution is -0.139. The van der Waals surface area contributed by atoms with Gasteiger partial charge in [0, 0.05) is 12.5 Å². The van der Waals surface area contributed by atoms with Crippen LogP contribution in [0, 0.1) is 17.2 Å². The van der Waals surface area contributed by atoms with Gasteiger partial charge in [-0.25, -0.2) is 4.39 Å². The monoisotopic (exact) mass is 323 g/mol. The zero-order chi connectivity index (χ0) is 17.0. The summed E-state index contributed by atoms with van der Waals surface area (Å²) in [7, 11) is 0. The van der Waals surface area contributed by atoms with Gasteiger partial charge in [0.05, 0.1) is 18.7 Å². The Kier molecular flexibility index (Phi) is 5.23. The van der Waals surface area contributed by atoms with Gasteiger partial charge < -0.3 is 15.2 Å². The third-order valence-electron chi connectivity index (χ3n) is 3.66. The van der Waals surface area contributed by atoms with Crippen molar-refractivity contribution in [2.45, 2.75) is 39.5 Å². The number of aliphatic carboxylic acids is 1. The zero-order valence-corrected chi connectivity index (χ0v) is 13.4. The van der Waals surface area contributed by atoms with Gasteiger partial charge in [0.25, 0.3) is 0 Å². The summed E-state index contributed by atoms with van der Waals surface area (Å²) in [5.41, 5.74) is -0.256. The Balaban J connectivity index is 2.00. The molecule has 2 N–H and O–H groups in total. The van der Waals surface area contributed by atoms with Crippen molar-refractivity contribution in [2.24, 2.45) is 11.3 Å². The van der Waals surface area contributed by atoms with E-state index in [2.05, 4.69) is 5.32 Å². The van der Waals surface area contributed by atoms with Crippen molar-refractivity contribution in [3.05, 3.63) is 24.0 Å². The molecule has 0 aromatic heterocycles. The quantitative estimate of drug-likeness (QED) is 0.768. The number of halogens is 1. The first-order valence-electron chi connectivity index (χ1n) is 7.69. The lowest BCUT2D eigenvalue weighted by atomic mass is 9.85. The summed E-state index contributed by atoms with van der Waals surface area (Å²) in [6.45, 7) is 3.95. The summed E-state index contributed by atoms with van der Waals surface area (Å²) in [4.78, 5) is 23.0. The molecule has 1 fully saturated rings. The van der Waals surface area contributed by atoms with Crippen LogP contribution in [0.2, 0.25) is 0 Å². The van der Waals surface area contributed by atoms with E-state index in [1.165, 1.54) is 18.2 Å². The highest BCUT2D eigenvalue weighted by Crippen LogP contribution is 2.33. The van der Waals surface area contributed by atoms with Crippen molar-refractivity contribution in [1.29, 1.82) is 0 Å². The summed E-state index contributed by atoms with van der Waals surface area (Å²) in [5, 5.41) is 11.5. The number of anilines is 1. The minimum absolute atomic E-state index is 0.0543. The van der Waals surface area contributed by atoms with Crippen molar-refractivity contribution in [3.63, 3.8) is 0 Å². The van der Waals surface area contributed by atoms with E-state index in [0.717, 1.165) is 12.8 Å². The molecule has 0 atom stereocenters. The molecule has 0 spiro atoms. The number of carbonyl (C=O) groups excluding carboxylic acids is 1. The topological polar surface area (TPSA) is 75.6 Å². The number of benzene rings is 1. The summed E-state index contributed by atoms with van der Waals surface area (Å²) in [5.74, 6) is -0.880. The number of hydrogen-bond donors (Lipinski definition) is 2. The van der Waals surface area contributed by atoms with Crippen LogP contribution in [0.5, 0.6) is 5.75 Å². The third-order valence-corrected chi connectivity index (χ3v) is 3.66. The number of amides is 1. The van der Waals surface area contributed by atoms with E-state index in [-0.39, 0.29) is 18.7 Å². The summed E-state index contributed by atoms with van der Waals surface area (Å²) >= 11 is 0. The lowest BCUT2D eigenvalue weighted by Gasteiger charge is -2.22. The van der Waals surface area contributed by atoms with Gasteiger partial charge in [-0.15, -0.1) is 0 Å². The molecule has 1 aromatic rings. The van der Waals surface area contributed by atoms with Crippen molar-refractivity contribution in [2.75, 3.05) is 11.9 Å². The Morgan fingerprint density at radius 3 is 2.65 bits per heavy atom. The van der Waals surface area contributed by atoms with Crippen LogP contribution in [0.15, 0.2) is 18.2 Å². The molecule has 0 aliphatic heterocycles. The fourth-order valence-electron chi connectivity index (χ4n) is 2.31. The molecule has 2 rings (SSSR count). The molecule has 6 heteroatoms. The highest BCUT2D eigenvalue weighted by Gasteiger charge is 2.26. The second kappa shape index (κ2) is 6.98. The maximum Gasteiger partial charge on any atom is 0.303 e. The highest BCUT2D eigenvalue weighted by atomic mass is 19.1. The fraction of sp³-hybridized carbons (Fsp3) is 0.529. The first kappa shape index (κ1) is 17.2. The van der Waals surface area contributed by atoms with E-state index < -0.39 is 17.2 Å². The average molecular weight is 323 g/mol. The van der Waals surface area contributed by atoms with Gasteiger partial charge in [-0.2, -0.15) is 0 Å². The predicted molar refractivity (Wildman–Crippen MR) is 83.9 cm³/mol. The molecule has 23 heavy (non-hydrogen) atoms. The maximum absolute atomic E-state index is 13.4. The first-order valence-corrected chi connectivity index (χ1v) is 7.69. The number of nitrogens with one attached hydrogen (secondary N) is 1. The number of carboxylic acids is 1. The molecule has 0 unspecified atom stereocenters. The van der Waals surface area contributed by atoms with E-state index in [1.54, 1.807) is 13.8 Å². The van der Waals surface area contributed by atoms with Crippen LogP contribution in [0.4, 0.5) is 10.1 Å². The molecule has 5 nitrogen and oxygen atoms in total. The van der Waals surface area contributed by atoms with Crippen molar-refractivity contribution in [3.8, 4) is 5.75 Å². The fourth-order valence-corrected chi connectivity index (χ4v) is 2.31. The van der Waals surface area contributed by atoms with Gasteiger partial charge in [-0.05, 0) is 36.3 Å². The van der Waals surface area contributed by atoms with Crippen LogP contribution >= 0.6 is 0 Å². The number of ether oxygens (including phenoxy) is 1. The SMILES string of the molecule is CC(C)(CC(=O)O)CC(=O)Nc1ccc(F)cc1OCC1CC1. The zero-order valence-electron chi connectivity index (χ0n) is 13.4. The van der Waals surface area contributed by atoms with Crippen LogP contribution < -0.4 is 10.1 Å². The summed E-state index contributed by atoms with van der Waals surface area (Å²) in [6, 6.07) is 3.96. The van der Waals surface area contributed by atoms with E-state index in [1.807, 2.05) is 0 Å². The van der Waals surface area contributed by atoms with Crippen LogP contribution in [0.25, 0.3) is 0 Å². The van der Waals surface area contributed by atoms with Gasteiger partial charge in [0.1, 0.15) is 11.6 Å². The maximum atomic E-state index is 13.4. The third kappa shape index (κ3) is 5.88. The van der Waals surface area contributed by atoms with Gasteiger partial charge in [-0.1, -0.05) is 13.8 Å². The van der Waals surface area contributed by atoms with Gasteiger partial charge in [0.15, 0.2) is 0 Å². The molecular weight excluding hydrogens is 301 g/mol. The Hall–Kier alpha value is -2.11. The van der Waals surface area contributed by atoms with Crippen molar-refractivity contribution in [1.82, 2.24) is 0 Å². The Morgan fingerprint density at radius 2 is 2.04 bits per heavy atom. The Morgan fingerprint density at radius 1 is 1.35 bits per heavy atom. The second-order valence-corrected chi connectivity index (χ2v) is 6.85. The van der Waals surface area contributed by atoms with Gasteiger partial charge >= 0.3 is 5.97 Å². The van der Waals surface area contributed by atoms with Crippen LogP contribution in [-0.4, -0.2) is 23.6 Å². The molecule has 1 amide bonds. The van der Waals surface area contributed by atoms with Crippen molar-refractivity contribution < 1.29 is 23.8 Å². The standard InChI is InChI=1S/C17H22FNO4/c1-17(2,9-16(21)22)8-15(20)19-13-6-5-12(18)7-14(13)23-10-11-3-4-11/h5-7,11H,3-4,8-10H2,1-2H3,(H,19,20)(H,21,22). The van der Waals surface area contributed by atoms with Gasteiger partial charge in [0.2, 0.25) is 5.91 Å². The highest BCUT2D eigenvalue weighted by molar-refractivity contribution is 5.92. The minimum Gasteiger partial charge on any atom is -0.491 e. The average Bonchev–Trinajstić information content (AvgIpc) is 3.20. The normalized spacial score (nSPS) is 14.4. The molecule has 1 aromatic carbocycles. The number of rotatable bonds is 8. The summed E-state index contributed by atoms with van der Waals surface area (Å²) < 4.78 is 19.0. The first-order chi connectivity index (χ1) is 10.7. The lowest BCUT2D eigenvalue weighted by Crippen LogP contribution is -2.25. The predicted octanol–water partition coefficient (Wildman–Crippen LogP) is 3.44. The van der Waals surface area contributed by atoms with Crippen molar-refractivity contribution >= 4 is 17.6 Å². The van der Waals surface area contributed by atoms with E-state index in [0.29, 0.717) is 24.0 Å². The molecule has 126 valence electrons. The molecule has 0 heterocycles. The number of carboxylic acid groups (broad SMARTS) is 1. The minimum atomic E-state index is -0.946. The molecule has 1 aliphatic rings. The van der Waals surface area contributed by atoms with E-state index in [9.17, 15) is 14.0 Å². The van der Waals surface area contributed by atoms with E-state index >= 15 is 0 Å². The Labute approximate surface area is 134 Å². The largest absolute Gasteiger partial charge is 0.491 e. The number of carbonyl (C=O) groups is 2. The molecule has 1 aliphatic carbocycles. The Bertz CT molecular complexity index is 596. The van der Waals surface area contributed by atoms with Crippen LogP contribution in [-0.2, 0) is 9.59 Å². The van der Waals surface area contributed by atoms with E-state index in [4.69, 9.17) is 9.84 Å². The van der Waals surface area contributed by atoms with Crippen LogP contribution in [0.1, 0.15) is 39.5 Å². The second-order valence-electron chi connectivity index (χ2n) is 6.85.